The van der Waals surface area contributed by atoms with Gasteiger partial charge in [-0.05, 0) is 26.0 Å². The van der Waals surface area contributed by atoms with Gasteiger partial charge in [0.05, 0.1) is 6.10 Å². The van der Waals surface area contributed by atoms with Gasteiger partial charge in [-0.25, -0.2) is 4.39 Å². The van der Waals surface area contributed by atoms with E-state index in [1.165, 1.54) is 6.07 Å². The number of ether oxygens (including phenoxy) is 1. The Bertz CT molecular complexity index is 551. The lowest BCUT2D eigenvalue weighted by Crippen LogP contribution is -2.52. The predicted molar refractivity (Wildman–Crippen MR) is 81.1 cm³/mol. The van der Waals surface area contributed by atoms with E-state index in [-0.39, 0.29) is 18.2 Å². The number of β-amino-alcohol motifs (C(OH)–C–C–N with tert-alkyl or cyclic N) is 1. The molecule has 1 aliphatic heterocycles. The number of halogens is 4. The Balaban J connectivity index is 2.08. The van der Waals surface area contributed by atoms with Crippen LogP contribution < -0.4 is 4.74 Å². The monoisotopic (exact) mass is 350 g/mol. The Kier molecular flexibility index (Phi) is 6.06. The van der Waals surface area contributed by atoms with Crippen molar-refractivity contribution < 1.29 is 27.4 Å². The maximum atomic E-state index is 14.0. The van der Waals surface area contributed by atoms with Crippen LogP contribution in [0.1, 0.15) is 19.4 Å². The Hall–Kier alpha value is -1.38. The summed E-state index contributed by atoms with van der Waals surface area (Å²) in [5.41, 5.74) is -0.0920. The van der Waals surface area contributed by atoms with Gasteiger partial charge in [0.25, 0.3) is 0 Å². The minimum absolute atomic E-state index is 0.0239. The highest BCUT2D eigenvalue weighted by atomic mass is 19.4. The number of aliphatic hydroxyl groups excluding tert-OH is 1. The molecule has 1 aromatic carbocycles. The summed E-state index contributed by atoms with van der Waals surface area (Å²) in [5, 5.41) is 9.44. The van der Waals surface area contributed by atoms with Crippen molar-refractivity contribution in [1.29, 1.82) is 0 Å². The molecule has 0 saturated carbocycles. The number of piperazine rings is 1. The van der Waals surface area contributed by atoms with Crippen LogP contribution in [0.15, 0.2) is 18.2 Å². The summed E-state index contributed by atoms with van der Waals surface area (Å²) in [6.07, 6.45) is -5.30. The van der Waals surface area contributed by atoms with Crippen LogP contribution in [0.3, 0.4) is 0 Å². The lowest BCUT2D eigenvalue weighted by Gasteiger charge is -2.40. The number of nitrogens with zero attached hydrogens (tertiary/aromatic N) is 2. The summed E-state index contributed by atoms with van der Waals surface area (Å²) < 4.78 is 55.5. The van der Waals surface area contributed by atoms with Gasteiger partial charge in [-0.3, -0.25) is 9.80 Å². The molecule has 1 N–H and O–H groups in total. The topological polar surface area (TPSA) is 35.9 Å². The molecule has 1 saturated heterocycles. The average molecular weight is 350 g/mol. The van der Waals surface area contributed by atoms with Crippen molar-refractivity contribution >= 4 is 0 Å². The first-order valence-electron chi connectivity index (χ1n) is 7.83. The largest absolute Gasteiger partial charge is 0.573 e. The predicted octanol–water partition coefficient (Wildman–Crippen LogP) is 2.61. The van der Waals surface area contributed by atoms with E-state index in [4.69, 9.17) is 0 Å². The molecule has 0 amide bonds. The maximum absolute atomic E-state index is 14.0. The van der Waals surface area contributed by atoms with Gasteiger partial charge in [-0.2, -0.15) is 0 Å². The molecule has 1 fully saturated rings. The summed E-state index contributed by atoms with van der Waals surface area (Å²) in [6, 6.07) is 3.48. The van der Waals surface area contributed by atoms with E-state index < -0.39 is 24.0 Å². The molecule has 1 heterocycles. The smallest absolute Gasteiger partial charge is 0.405 e. The summed E-state index contributed by atoms with van der Waals surface area (Å²) in [7, 11) is 0. The minimum atomic E-state index is -4.86. The number of alkyl halides is 3. The van der Waals surface area contributed by atoms with Crippen LogP contribution in [0.25, 0.3) is 0 Å². The van der Waals surface area contributed by atoms with E-state index in [1.54, 1.807) is 6.92 Å². The zero-order valence-electron chi connectivity index (χ0n) is 13.7. The minimum Gasteiger partial charge on any atom is -0.405 e. The third kappa shape index (κ3) is 5.32. The second-order valence-corrected chi connectivity index (χ2v) is 6.19. The number of benzene rings is 1. The molecule has 4 nitrogen and oxygen atoms in total. The van der Waals surface area contributed by atoms with Crippen LogP contribution in [0.5, 0.6) is 5.75 Å². The van der Waals surface area contributed by atoms with Crippen molar-refractivity contribution in [2.75, 3.05) is 26.2 Å². The van der Waals surface area contributed by atoms with Gasteiger partial charge in [0.15, 0.2) is 0 Å². The molecule has 24 heavy (non-hydrogen) atoms. The molecule has 2 atom stereocenters. The second kappa shape index (κ2) is 7.67. The Morgan fingerprint density at radius 3 is 2.62 bits per heavy atom. The number of rotatable bonds is 5. The van der Waals surface area contributed by atoms with Crippen molar-refractivity contribution in [1.82, 2.24) is 9.80 Å². The molecule has 0 aromatic heterocycles. The Morgan fingerprint density at radius 1 is 1.33 bits per heavy atom. The van der Waals surface area contributed by atoms with Crippen LogP contribution in [0, 0.1) is 5.82 Å². The lowest BCUT2D eigenvalue weighted by molar-refractivity contribution is -0.275. The third-order valence-electron chi connectivity index (χ3n) is 4.03. The highest BCUT2D eigenvalue weighted by Crippen LogP contribution is 2.30. The summed E-state index contributed by atoms with van der Waals surface area (Å²) in [4.78, 5) is 4.00. The van der Waals surface area contributed by atoms with Gasteiger partial charge in [0, 0.05) is 44.3 Å². The average Bonchev–Trinajstić information content (AvgIpc) is 2.42. The molecule has 0 bridgehead atoms. The van der Waals surface area contributed by atoms with Gasteiger partial charge in [0.1, 0.15) is 11.6 Å². The molecule has 2 rings (SSSR count). The van der Waals surface area contributed by atoms with Crippen LogP contribution in [-0.4, -0.2) is 59.6 Å². The number of hydrogen-bond donors (Lipinski definition) is 1. The standard InChI is InChI=1S/C16H22F4N2O2/c1-11-8-21(9-12(2)23)6-7-22(11)10-13-14(17)4-3-5-15(13)24-16(18,19)20/h3-5,11-12,23H,6-10H2,1-2H3/t11-,12-/m0/s1. The van der Waals surface area contributed by atoms with E-state index in [9.17, 15) is 22.7 Å². The van der Waals surface area contributed by atoms with Gasteiger partial charge >= 0.3 is 6.36 Å². The quantitative estimate of drug-likeness (QED) is 0.828. The lowest BCUT2D eigenvalue weighted by atomic mass is 10.1. The molecule has 0 spiro atoms. The summed E-state index contributed by atoms with van der Waals surface area (Å²) in [6.45, 7) is 6.13. The van der Waals surface area contributed by atoms with Crippen molar-refractivity contribution in [3.05, 3.63) is 29.6 Å². The second-order valence-electron chi connectivity index (χ2n) is 6.19. The number of hydrogen-bond acceptors (Lipinski definition) is 4. The summed E-state index contributed by atoms with van der Waals surface area (Å²) >= 11 is 0. The van der Waals surface area contributed by atoms with Crippen molar-refractivity contribution in [3.8, 4) is 5.75 Å². The first kappa shape index (κ1) is 19.0. The van der Waals surface area contributed by atoms with Crippen molar-refractivity contribution in [2.45, 2.75) is 38.9 Å². The maximum Gasteiger partial charge on any atom is 0.573 e. The normalized spacial score (nSPS) is 21.7. The van der Waals surface area contributed by atoms with Gasteiger partial charge < -0.3 is 9.84 Å². The van der Waals surface area contributed by atoms with Crippen LogP contribution >= 0.6 is 0 Å². The Morgan fingerprint density at radius 2 is 2.04 bits per heavy atom. The van der Waals surface area contributed by atoms with E-state index in [0.717, 1.165) is 12.1 Å². The van der Waals surface area contributed by atoms with Crippen LogP contribution in [0.2, 0.25) is 0 Å². The van der Waals surface area contributed by atoms with Gasteiger partial charge in [-0.15, -0.1) is 13.2 Å². The van der Waals surface area contributed by atoms with E-state index in [0.29, 0.717) is 26.2 Å². The Labute approximate surface area is 138 Å². The van der Waals surface area contributed by atoms with Crippen molar-refractivity contribution in [2.24, 2.45) is 0 Å². The van der Waals surface area contributed by atoms with E-state index in [2.05, 4.69) is 9.64 Å². The van der Waals surface area contributed by atoms with Gasteiger partial charge in [0.2, 0.25) is 0 Å². The van der Waals surface area contributed by atoms with Crippen LogP contribution in [-0.2, 0) is 6.54 Å². The first-order valence-corrected chi connectivity index (χ1v) is 7.83. The molecule has 0 aliphatic carbocycles. The van der Waals surface area contributed by atoms with E-state index in [1.807, 2.05) is 11.8 Å². The zero-order valence-corrected chi connectivity index (χ0v) is 13.7. The fraction of sp³-hybridized carbons (Fsp3) is 0.625. The molecular formula is C16H22F4N2O2. The number of aliphatic hydroxyl groups is 1. The molecular weight excluding hydrogens is 328 g/mol. The molecule has 1 aliphatic rings. The summed E-state index contributed by atoms with van der Waals surface area (Å²) in [5.74, 6) is -1.21. The molecule has 8 heteroatoms. The van der Waals surface area contributed by atoms with Crippen LogP contribution in [0.4, 0.5) is 17.6 Å². The fourth-order valence-corrected chi connectivity index (χ4v) is 2.96. The van der Waals surface area contributed by atoms with Crippen molar-refractivity contribution in [3.63, 3.8) is 0 Å². The fourth-order valence-electron chi connectivity index (χ4n) is 2.96. The highest BCUT2D eigenvalue weighted by molar-refractivity contribution is 5.35. The molecule has 136 valence electrons. The molecule has 0 unspecified atom stereocenters. The SMILES string of the molecule is C[C@H](O)CN1CCN(Cc2c(F)cccc2OC(F)(F)F)[C@@H](C)C1. The highest BCUT2D eigenvalue weighted by Gasteiger charge is 2.33. The first-order chi connectivity index (χ1) is 11.2. The molecule has 1 aromatic rings. The van der Waals surface area contributed by atoms with Gasteiger partial charge in [-0.1, -0.05) is 6.07 Å². The zero-order chi connectivity index (χ0) is 17.9. The third-order valence-corrected chi connectivity index (χ3v) is 4.03. The van der Waals surface area contributed by atoms with E-state index >= 15 is 0 Å². The molecule has 0 radical (unpaired) electrons.